The predicted octanol–water partition coefficient (Wildman–Crippen LogP) is 3.95. The molecule has 0 N–H and O–H groups in total. The summed E-state index contributed by atoms with van der Waals surface area (Å²) in [6, 6.07) is 9.34. The fourth-order valence-electron chi connectivity index (χ4n) is 3.61. The van der Waals surface area contributed by atoms with E-state index in [4.69, 9.17) is 25.8 Å². The van der Waals surface area contributed by atoms with Gasteiger partial charge in [0, 0.05) is 6.61 Å². The predicted molar refractivity (Wildman–Crippen MR) is 128 cm³/mol. The zero-order chi connectivity index (χ0) is 23.6. The van der Waals surface area contributed by atoms with Gasteiger partial charge in [0.2, 0.25) is 5.91 Å². The minimum absolute atomic E-state index is 0.0442. The molecule has 1 fully saturated rings. The Kier molecular flexibility index (Phi) is 7.08. The summed E-state index contributed by atoms with van der Waals surface area (Å²) >= 11 is 7.56. The molecule has 2 heterocycles. The second-order valence-electron chi connectivity index (χ2n) is 7.50. The highest BCUT2D eigenvalue weighted by Crippen LogP contribution is 2.39. The largest absolute Gasteiger partial charge is 0.497 e. The summed E-state index contributed by atoms with van der Waals surface area (Å²) in [7, 11) is -0.862. The number of aromatic nitrogens is 1. The third-order valence-electron chi connectivity index (χ3n) is 5.34. The summed E-state index contributed by atoms with van der Waals surface area (Å²) in [4.78, 5) is 19.3. The van der Waals surface area contributed by atoms with Gasteiger partial charge in [-0.2, -0.15) is 0 Å². The Balaban J connectivity index is 1.67. The molecule has 176 valence electrons. The zero-order valence-electron chi connectivity index (χ0n) is 18.1. The fraction of sp³-hybridized carbons (Fsp3) is 0.364. The highest BCUT2D eigenvalue weighted by molar-refractivity contribution is 7.92. The van der Waals surface area contributed by atoms with Crippen LogP contribution in [0.4, 0.5) is 5.13 Å². The van der Waals surface area contributed by atoms with Gasteiger partial charge >= 0.3 is 0 Å². The molecule has 1 atom stereocenters. The van der Waals surface area contributed by atoms with Crippen LogP contribution in [0.3, 0.4) is 0 Å². The van der Waals surface area contributed by atoms with E-state index in [-0.39, 0.29) is 17.5 Å². The molecule has 1 aliphatic heterocycles. The van der Waals surface area contributed by atoms with Crippen LogP contribution in [0, 0.1) is 0 Å². The molecule has 1 amide bonds. The Morgan fingerprint density at radius 3 is 2.61 bits per heavy atom. The number of amides is 1. The second kappa shape index (κ2) is 9.84. The third kappa shape index (κ3) is 5.08. The Labute approximate surface area is 200 Å². The third-order valence-corrected chi connectivity index (χ3v) is 8.50. The van der Waals surface area contributed by atoms with E-state index in [0.717, 1.165) is 12.8 Å². The van der Waals surface area contributed by atoms with Gasteiger partial charge in [-0.1, -0.05) is 22.9 Å². The Bertz CT molecular complexity index is 1250. The number of ether oxygens (including phenoxy) is 3. The molecule has 0 radical (unpaired) electrons. The van der Waals surface area contributed by atoms with Gasteiger partial charge in [0.1, 0.15) is 22.8 Å². The average Bonchev–Trinajstić information content (AvgIpc) is 3.48. The standard InChI is InChI=1S/C22H23ClN2O6S2/c1-29-14-5-7-16(8-6-14)33(27,28)13-19(26)25(12-15-4-3-11-31-15)22-24-20-18(30-2)10-9-17(23)21(20)32-22/h5-10,15H,3-4,11-13H2,1-2H3. The minimum atomic E-state index is -3.88. The fourth-order valence-corrected chi connectivity index (χ4v) is 6.09. The number of fused-ring (bicyclic) bond motifs is 1. The van der Waals surface area contributed by atoms with Crippen molar-refractivity contribution in [1.29, 1.82) is 0 Å². The number of halogens is 1. The van der Waals surface area contributed by atoms with Gasteiger partial charge in [0.15, 0.2) is 15.0 Å². The van der Waals surface area contributed by atoms with Crippen LogP contribution >= 0.6 is 22.9 Å². The van der Waals surface area contributed by atoms with E-state index in [1.54, 1.807) is 24.3 Å². The summed E-state index contributed by atoms with van der Waals surface area (Å²) in [5.74, 6) is -0.240. The summed E-state index contributed by atoms with van der Waals surface area (Å²) in [6.07, 6.45) is 1.47. The summed E-state index contributed by atoms with van der Waals surface area (Å²) in [5.41, 5.74) is 0.521. The van der Waals surface area contributed by atoms with Gasteiger partial charge in [-0.15, -0.1) is 0 Å². The molecule has 2 aromatic carbocycles. The molecule has 1 aromatic heterocycles. The molecule has 1 aliphatic rings. The van der Waals surface area contributed by atoms with E-state index in [2.05, 4.69) is 4.98 Å². The first-order chi connectivity index (χ1) is 15.8. The topological polar surface area (TPSA) is 95.0 Å². The lowest BCUT2D eigenvalue weighted by Crippen LogP contribution is -2.40. The van der Waals surface area contributed by atoms with Crippen molar-refractivity contribution in [3.8, 4) is 11.5 Å². The van der Waals surface area contributed by atoms with Crippen LogP contribution in [0.15, 0.2) is 41.3 Å². The Morgan fingerprint density at radius 1 is 1.21 bits per heavy atom. The van der Waals surface area contributed by atoms with Crippen LogP contribution < -0.4 is 14.4 Å². The number of carbonyl (C=O) groups excluding carboxylic acids is 1. The Hall–Kier alpha value is -2.40. The maximum absolute atomic E-state index is 13.3. The summed E-state index contributed by atoms with van der Waals surface area (Å²) < 4.78 is 42.8. The van der Waals surface area contributed by atoms with Crippen molar-refractivity contribution >= 4 is 54.0 Å². The molecular formula is C22H23ClN2O6S2. The van der Waals surface area contributed by atoms with Crippen molar-refractivity contribution in [2.75, 3.05) is 38.0 Å². The number of anilines is 1. The van der Waals surface area contributed by atoms with E-state index in [9.17, 15) is 13.2 Å². The molecule has 0 bridgehead atoms. The van der Waals surface area contributed by atoms with Crippen molar-refractivity contribution in [3.05, 3.63) is 41.4 Å². The van der Waals surface area contributed by atoms with Crippen molar-refractivity contribution in [1.82, 2.24) is 4.98 Å². The van der Waals surface area contributed by atoms with Crippen LogP contribution in [0.1, 0.15) is 12.8 Å². The molecule has 0 spiro atoms. The molecule has 11 heteroatoms. The molecule has 0 aliphatic carbocycles. The lowest BCUT2D eigenvalue weighted by Gasteiger charge is -2.23. The smallest absolute Gasteiger partial charge is 0.244 e. The molecule has 3 aromatic rings. The Morgan fingerprint density at radius 2 is 1.97 bits per heavy atom. The number of sulfone groups is 1. The normalized spacial score (nSPS) is 16.2. The maximum atomic E-state index is 13.3. The number of methoxy groups -OCH3 is 2. The molecule has 8 nitrogen and oxygen atoms in total. The molecule has 1 saturated heterocycles. The number of hydrogen-bond acceptors (Lipinski definition) is 8. The quantitative estimate of drug-likeness (QED) is 0.452. The van der Waals surface area contributed by atoms with Crippen LogP contribution in [0.2, 0.25) is 5.02 Å². The first kappa shape index (κ1) is 23.7. The van der Waals surface area contributed by atoms with E-state index in [0.29, 0.717) is 38.5 Å². The van der Waals surface area contributed by atoms with Crippen molar-refractivity contribution in [2.45, 2.75) is 23.8 Å². The van der Waals surface area contributed by atoms with Crippen molar-refractivity contribution in [3.63, 3.8) is 0 Å². The van der Waals surface area contributed by atoms with E-state index < -0.39 is 21.5 Å². The van der Waals surface area contributed by atoms with Gasteiger partial charge in [-0.05, 0) is 49.2 Å². The number of hydrogen-bond donors (Lipinski definition) is 0. The van der Waals surface area contributed by atoms with E-state index in [1.807, 2.05) is 0 Å². The lowest BCUT2D eigenvalue weighted by atomic mass is 10.2. The molecule has 33 heavy (non-hydrogen) atoms. The molecular weight excluding hydrogens is 488 g/mol. The van der Waals surface area contributed by atoms with E-state index >= 15 is 0 Å². The average molecular weight is 511 g/mol. The first-order valence-electron chi connectivity index (χ1n) is 10.2. The zero-order valence-corrected chi connectivity index (χ0v) is 20.5. The van der Waals surface area contributed by atoms with Gasteiger partial charge in [0.25, 0.3) is 0 Å². The first-order valence-corrected chi connectivity index (χ1v) is 13.1. The molecule has 0 saturated carbocycles. The SMILES string of the molecule is COc1ccc(S(=O)(=O)CC(=O)N(CC2CCCO2)c2nc3c(OC)ccc(Cl)c3s2)cc1. The van der Waals surface area contributed by atoms with Gasteiger partial charge in [0.05, 0.1) is 41.5 Å². The van der Waals surface area contributed by atoms with Crippen LogP contribution in [0.25, 0.3) is 10.2 Å². The highest BCUT2D eigenvalue weighted by Gasteiger charge is 2.30. The maximum Gasteiger partial charge on any atom is 0.244 e. The lowest BCUT2D eigenvalue weighted by molar-refractivity contribution is -0.116. The number of carbonyl (C=O) groups is 1. The number of nitrogens with zero attached hydrogens (tertiary/aromatic N) is 2. The summed E-state index contributed by atoms with van der Waals surface area (Å²) in [5, 5.41) is 0.826. The van der Waals surface area contributed by atoms with E-state index in [1.165, 1.54) is 42.6 Å². The second-order valence-corrected chi connectivity index (χ2v) is 10.9. The van der Waals surface area contributed by atoms with Crippen LogP contribution in [-0.2, 0) is 19.4 Å². The molecule has 1 unspecified atom stereocenters. The number of thiazole rings is 1. The monoisotopic (exact) mass is 510 g/mol. The number of benzene rings is 2. The van der Waals surface area contributed by atoms with Gasteiger partial charge in [-0.25, -0.2) is 13.4 Å². The highest BCUT2D eigenvalue weighted by atomic mass is 35.5. The van der Waals surface area contributed by atoms with Crippen molar-refractivity contribution < 1.29 is 27.4 Å². The van der Waals surface area contributed by atoms with Crippen LogP contribution in [-0.4, -0.2) is 58.5 Å². The van der Waals surface area contributed by atoms with Crippen molar-refractivity contribution in [2.24, 2.45) is 0 Å². The van der Waals surface area contributed by atoms with Gasteiger partial charge < -0.3 is 14.2 Å². The van der Waals surface area contributed by atoms with Crippen LogP contribution in [0.5, 0.6) is 11.5 Å². The summed E-state index contributed by atoms with van der Waals surface area (Å²) in [6.45, 7) is 0.813. The minimum Gasteiger partial charge on any atom is -0.497 e. The molecule has 4 rings (SSSR count). The van der Waals surface area contributed by atoms with Gasteiger partial charge in [-0.3, -0.25) is 9.69 Å². The number of rotatable bonds is 8.